The first-order valence-corrected chi connectivity index (χ1v) is 11.0. The standard InChI is InChI=1S/C21H19BrN6OS/c1-3-15-12-19(28-20(24-15)23-13(2)27-28)30-18-10-8-17(9-11-18)26-21(29)25-16-6-4-14(22)5-7-16/h4-12H,3H2,1-2H3,(H2,25,26,29). The predicted molar refractivity (Wildman–Crippen MR) is 122 cm³/mol. The Hall–Kier alpha value is -2.91. The van der Waals surface area contributed by atoms with Gasteiger partial charge in [0.15, 0.2) is 0 Å². The van der Waals surface area contributed by atoms with Crippen molar-refractivity contribution in [3.05, 3.63) is 70.6 Å². The zero-order valence-corrected chi connectivity index (χ0v) is 18.8. The van der Waals surface area contributed by atoms with Gasteiger partial charge in [0.1, 0.15) is 10.9 Å². The van der Waals surface area contributed by atoms with E-state index in [0.717, 1.165) is 32.2 Å². The number of nitrogens with one attached hydrogen (secondary N) is 2. The monoisotopic (exact) mass is 482 g/mol. The lowest BCUT2D eigenvalue weighted by Crippen LogP contribution is -2.19. The molecule has 0 aliphatic heterocycles. The molecule has 0 fully saturated rings. The van der Waals surface area contributed by atoms with Crippen LogP contribution < -0.4 is 10.6 Å². The smallest absolute Gasteiger partial charge is 0.308 e. The Kier molecular flexibility index (Phi) is 6.01. The first kappa shape index (κ1) is 20.4. The minimum atomic E-state index is -0.292. The van der Waals surface area contributed by atoms with E-state index in [2.05, 4.69) is 48.6 Å². The van der Waals surface area contributed by atoms with Crippen molar-refractivity contribution in [1.82, 2.24) is 19.6 Å². The molecule has 4 aromatic rings. The molecule has 0 aliphatic rings. The van der Waals surface area contributed by atoms with Crippen molar-refractivity contribution in [2.75, 3.05) is 10.6 Å². The summed E-state index contributed by atoms with van der Waals surface area (Å²) in [6.07, 6.45) is 0.826. The molecular formula is C21H19BrN6OS. The molecule has 2 amide bonds. The second kappa shape index (κ2) is 8.85. The van der Waals surface area contributed by atoms with Crippen molar-refractivity contribution < 1.29 is 4.79 Å². The highest BCUT2D eigenvalue weighted by atomic mass is 79.9. The average molecular weight is 483 g/mol. The van der Waals surface area contributed by atoms with Crippen LogP contribution in [0.2, 0.25) is 0 Å². The van der Waals surface area contributed by atoms with Crippen LogP contribution in [0.4, 0.5) is 16.2 Å². The molecule has 2 aromatic heterocycles. The van der Waals surface area contributed by atoms with Gasteiger partial charge in [0, 0.05) is 26.4 Å². The number of aryl methyl sites for hydroxylation is 2. The van der Waals surface area contributed by atoms with Gasteiger partial charge in [-0.25, -0.2) is 9.78 Å². The van der Waals surface area contributed by atoms with Crippen LogP contribution in [0.3, 0.4) is 0 Å². The Morgan fingerprint density at radius 1 is 1.03 bits per heavy atom. The van der Waals surface area contributed by atoms with Gasteiger partial charge in [-0.2, -0.15) is 9.50 Å². The van der Waals surface area contributed by atoms with Crippen LogP contribution in [0.1, 0.15) is 18.4 Å². The van der Waals surface area contributed by atoms with E-state index >= 15 is 0 Å². The van der Waals surface area contributed by atoms with Crippen LogP contribution in [-0.4, -0.2) is 25.6 Å². The van der Waals surface area contributed by atoms with E-state index in [1.54, 1.807) is 16.3 Å². The van der Waals surface area contributed by atoms with Crippen molar-refractivity contribution in [2.45, 2.75) is 30.2 Å². The number of urea groups is 1. The van der Waals surface area contributed by atoms with E-state index in [0.29, 0.717) is 17.3 Å². The molecule has 4 rings (SSSR count). The van der Waals surface area contributed by atoms with Gasteiger partial charge >= 0.3 is 6.03 Å². The molecule has 0 unspecified atom stereocenters. The van der Waals surface area contributed by atoms with Gasteiger partial charge < -0.3 is 10.6 Å². The largest absolute Gasteiger partial charge is 0.323 e. The Labute approximate surface area is 186 Å². The van der Waals surface area contributed by atoms with Crippen molar-refractivity contribution in [2.24, 2.45) is 0 Å². The van der Waals surface area contributed by atoms with Crippen molar-refractivity contribution >= 4 is 50.9 Å². The Balaban J connectivity index is 1.45. The van der Waals surface area contributed by atoms with Crippen LogP contribution >= 0.6 is 27.7 Å². The van der Waals surface area contributed by atoms with Gasteiger partial charge in [-0.3, -0.25) is 0 Å². The van der Waals surface area contributed by atoms with Crippen LogP contribution in [0, 0.1) is 6.92 Å². The summed E-state index contributed by atoms with van der Waals surface area (Å²) in [5, 5.41) is 11.0. The summed E-state index contributed by atoms with van der Waals surface area (Å²) >= 11 is 4.95. The van der Waals surface area contributed by atoms with Crippen LogP contribution in [-0.2, 0) is 6.42 Å². The summed E-state index contributed by atoms with van der Waals surface area (Å²) in [6.45, 7) is 3.92. The number of carbonyl (C=O) groups excluding carboxylic acids is 1. The Morgan fingerprint density at radius 3 is 2.30 bits per heavy atom. The number of fused-ring (bicyclic) bond motifs is 1. The number of halogens is 1. The van der Waals surface area contributed by atoms with Crippen LogP contribution in [0.25, 0.3) is 5.78 Å². The number of rotatable bonds is 5. The van der Waals surface area contributed by atoms with Crippen LogP contribution in [0.5, 0.6) is 0 Å². The number of amides is 2. The predicted octanol–water partition coefficient (Wildman–Crippen LogP) is 5.55. The number of anilines is 2. The van der Waals surface area contributed by atoms with Gasteiger partial charge in [0.25, 0.3) is 5.78 Å². The van der Waals surface area contributed by atoms with E-state index < -0.39 is 0 Å². The molecule has 0 saturated heterocycles. The van der Waals surface area contributed by atoms with E-state index in [9.17, 15) is 4.79 Å². The maximum absolute atomic E-state index is 12.2. The van der Waals surface area contributed by atoms with Gasteiger partial charge in [0.2, 0.25) is 0 Å². The molecule has 152 valence electrons. The first-order valence-electron chi connectivity index (χ1n) is 9.35. The summed E-state index contributed by atoms with van der Waals surface area (Å²) in [5.74, 6) is 1.30. The Bertz CT molecular complexity index is 1190. The first-order chi connectivity index (χ1) is 14.5. The fourth-order valence-electron chi connectivity index (χ4n) is 2.80. The van der Waals surface area contributed by atoms with Crippen molar-refractivity contribution in [1.29, 1.82) is 0 Å². The number of hydrogen-bond donors (Lipinski definition) is 2. The molecule has 0 saturated carbocycles. The second-order valence-corrected chi connectivity index (χ2v) is 8.53. The highest BCUT2D eigenvalue weighted by molar-refractivity contribution is 9.10. The van der Waals surface area contributed by atoms with Gasteiger partial charge in [0.05, 0.1) is 0 Å². The Morgan fingerprint density at radius 2 is 1.67 bits per heavy atom. The topological polar surface area (TPSA) is 84.2 Å². The average Bonchev–Trinajstić information content (AvgIpc) is 3.11. The third kappa shape index (κ3) is 4.80. The van der Waals surface area contributed by atoms with Crippen LogP contribution in [0.15, 0.2) is 69.0 Å². The molecule has 9 heteroatoms. The lowest BCUT2D eigenvalue weighted by molar-refractivity contribution is 0.262. The third-order valence-corrected chi connectivity index (χ3v) is 5.77. The minimum Gasteiger partial charge on any atom is -0.308 e. The number of hydrogen-bond acceptors (Lipinski definition) is 5. The third-order valence-electron chi connectivity index (χ3n) is 4.24. The zero-order chi connectivity index (χ0) is 21.1. The lowest BCUT2D eigenvalue weighted by Gasteiger charge is -2.09. The van der Waals surface area contributed by atoms with Crippen molar-refractivity contribution in [3.8, 4) is 0 Å². The quantitative estimate of drug-likeness (QED) is 0.364. The molecule has 7 nitrogen and oxygen atoms in total. The molecule has 2 N–H and O–H groups in total. The molecule has 0 spiro atoms. The van der Waals surface area contributed by atoms with Gasteiger partial charge in [-0.05, 0) is 67.9 Å². The summed E-state index contributed by atoms with van der Waals surface area (Å²) in [7, 11) is 0. The number of nitrogens with zero attached hydrogens (tertiary/aromatic N) is 4. The maximum Gasteiger partial charge on any atom is 0.323 e. The highest BCUT2D eigenvalue weighted by Gasteiger charge is 2.11. The maximum atomic E-state index is 12.2. The molecule has 0 aliphatic carbocycles. The van der Waals surface area contributed by atoms with Crippen molar-refractivity contribution in [3.63, 3.8) is 0 Å². The summed E-state index contributed by atoms with van der Waals surface area (Å²) in [5.41, 5.74) is 2.40. The second-order valence-electron chi connectivity index (χ2n) is 6.52. The summed E-state index contributed by atoms with van der Waals surface area (Å²) in [6, 6.07) is 16.8. The van der Waals surface area contributed by atoms with E-state index in [1.165, 1.54) is 0 Å². The van der Waals surface area contributed by atoms with E-state index in [4.69, 9.17) is 0 Å². The minimum absolute atomic E-state index is 0.292. The normalized spacial score (nSPS) is 10.9. The molecule has 0 bridgehead atoms. The highest BCUT2D eigenvalue weighted by Crippen LogP contribution is 2.29. The molecule has 0 radical (unpaired) electrons. The van der Waals surface area contributed by atoms with Gasteiger partial charge in [-0.15, -0.1) is 5.10 Å². The van der Waals surface area contributed by atoms with E-state index in [-0.39, 0.29) is 6.03 Å². The fraction of sp³-hybridized carbons (Fsp3) is 0.143. The molecule has 2 heterocycles. The SMILES string of the molecule is CCc1cc(Sc2ccc(NC(=O)Nc3ccc(Br)cc3)cc2)n2nc(C)nc2n1. The zero-order valence-electron chi connectivity index (χ0n) is 16.4. The number of carbonyl (C=O) groups is 1. The summed E-state index contributed by atoms with van der Waals surface area (Å²) in [4.78, 5) is 22.1. The number of benzene rings is 2. The number of aromatic nitrogens is 4. The van der Waals surface area contributed by atoms with Gasteiger partial charge in [-0.1, -0.05) is 34.6 Å². The summed E-state index contributed by atoms with van der Waals surface area (Å²) < 4.78 is 2.72. The molecule has 2 aromatic carbocycles. The molecular weight excluding hydrogens is 464 g/mol. The molecule has 30 heavy (non-hydrogen) atoms. The van der Waals surface area contributed by atoms with E-state index in [1.807, 2.05) is 61.5 Å². The lowest BCUT2D eigenvalue weighted by atomic mass is 10.3. The fourth-order valence-corrected chi connectivity index (χ4v) is 3.98. The molecule has 0 atom stereocenters.